The van der Waals surface area contributed by atoms with Crippen LogP contribution >= 0.6 is 11.6 Å². The summed E-state index contributed by atoms with van der Waals surface area (Å²) in [7, 11) is 0. The van der Waals surface area contributed by atoms with E-state index in [0.29, 0.717) is 6.04 Å². The summed E-state index contributed by atoms with van der Waals surface area (Å²) < 4.78 is 1.97. The molecule has 2 rings (SSSR count). The van der Waals surface area contributed by atoms with E-state index in [4.69, 9.17) is 11.6 Å². The topological polar surface area (TPSA) is 29.9 Å². The van der Waals surface area contributed by atoms with Crippen molar-refractivity contribution >= 4 is 17.3 Å². The molecule has 0 amide bonds. The van der Waals surface area contributed by atoms with Gasteiger partial charge in [-0.25, -0.2) is 0 Å². The second-order valence-corrected chi connectivity index (χ2v) is 5.12. The largest absolute Gasteiger partial charge is 0.378 e. The van der Waals surface area contributed by atoms with Crippen molar-refractivity contribution < 1.29 is 0 Å². The van der Waals surface area contributed by atoms with E-state index in [0.717, 1.165) is 22.9 Å². The van der Waals surface area contributed by atoms with Crippen LogP contribution in [0.5, 0.6) is 0 Å². The van der Waals surface area contributed by atoms with E-state index in [1.54, 1.807) is 0 Å². The Labute approximate surface area is 113 Å². The molecule has 1 aromatic heterocycles. The maximum Gasteiger partial charge on any atom is 0.0825 e. The Kier molecular flexibility index (Phi) is 3.92. The van der Waals surface area contributed by atoms with Crippen molar-refractivity contribution in [1.82, 2.24) is 9.78 Å². The van der Waals surface area contributed by atoms with Crippen molar-refractivity contribution in [2.45, 2.75) is 33.4 Å². The van der Waals surface area contributed by atoms with Crippen LogP contribution in [0.15, 0.2) is 30.5 Å². The second-order valence-electron chi connectivity index (χ2n) is 4.68. The van der Waals surface area contributed by atoms with Gasteiger partial charge in [-0.1, -0.05) is 23.7 Å². The molecular formula is C14H18ClN3. The van der Waals surface area contributed by atoms with Gasteiger partial charge in [0.15, 0.2) is 0 Å². The van der Waals surface area contributed by atoms with Crippen molar-refractivity contribution in [1.29, 1.82) is 0 Å². The molecule has 4 heteroatoms. The SMILES string of the molecule is Cc1nn(C(C)C)cc1NCc1ccc(Cl)cc1. The third-order valence-electron chi connectivity index (χ3n) is 2.84. The van der Waals surface area contributed by atoms with Crippen molar-refractivity contribution in [3.8, 4) is 0 Å². The minimum Gasteiger partial charge on any atom is -0.378 e. The van der Waals surface area contributed by atoms with E-state index in [9.17, 15) is 0 Å². The summed E-state index contributed by atoms with van der Waals surface area (Å²) in [4.78, 5) is 0. The number of nitrogens with one attached hydrogen (secondary N) is 1. The maximum atomic E-state index is 5.86. The van der Waals surface area contributed by atoms with E-state index in [2.05, 4.69) is 30.5 Å². The van der Waals surface area contributed by atoms with Gasteiger partial charge in [-0.2, -0.15) is 5.10 Å². The van der Waals surface area contributed by atoms with Gasteiger partial charge in [-0.15, -0.1) is 0 Å². The minimum absolute atomic E-state index is 0.384. The smallest absolute Gasteiger partial charge is 0.0825 e. The highest BCUT2D eigenvalue weighted by molar-refractivity contribution is 6.30. The number of aryl methyl sites for hydroxylation is 1. The van der Waals surface area contributed by atoms with Crippen LogP contribution in [0, 0.1) is 6.92 Å². The molecule has 0 unspecified atom stereocenters. The number of benzene rings is 1. The summed E-state index contributed by atoms with van der Waals surface area (Å²) >= 11 is 5.86. The molecule has 0 atom stereocenters. The number of hydrogen-bond acceptors (Lipinski definition) is 2. The van der Waals surface area contributed by atoms with Crippen LogP contribution in [-0.4, -0.2) is 9.78 Å². The summed E-state index contributed by atoms with van der Waals surface area (Å²) in [6, 6.07) is 8.25. The molecule has 1 heterocycles. The van der Waals surface area contributed by atoms with Crippen LogP contribution in [0.25, 0.3) is 0 Å². The van der Waals surface area contributed by atoms with Crippen molar-refractivity contribution in [2.24, 2.45) is 0 Å². The maximum absolute atomic E-state index is 5.86. The van der Waals surface area contributed by atoms with E-state index < -0.39 is 0 Å². The summed E-state index contributed by atoms with van der Waals surface area (Å²) in [6.07, 6.45) is 2.05. The molecule has 0 aliphatic heterocycles. The number of anilines is 1. The summed E-state index contributed by atoms with van der Waals surface area (Å²) in [5.41, 5.74) is 3.31. The fourth-order valence-electron chi connectivity index (χ4n) is 1.72. The molecule has 3 nitrogen and oxygen atoms in total. The molecule has 0 bridgehead atoms. The van der Waals surface area contributed by atoms with Crippen LogP contribution in [0.1, 0.15) is 31.1 Å². The lowest BCUT2D eigenvalue weighted by Gasteiger charge is -2.05. The lowest BCUT2D eigenvalue weighted by atomic mass is 10.2. The Morgan fingerprint density at radius 1 is 1.28 bits per heavy atom. The fourth-order valence-corrected chi connectivity index (χ4v) is 1.85. The van der Waals surface area contributed by atoms with Crippen LogP contribution in [0.3, 0.4) is 0 Å². The van der Waals surface area contributed by atoms with Gasteiger partial charge in [-0.05, 0) is 38.5 Å². The normalized spacial score (nSPS) is 10.9. The number of hydrogen-bond donors (Lipinski definition) is 1. The van der Waals surface area contributed by atoms with Gasteiger partial charge >= 0.3 is 0 Å². The second kappa shape index (κ2) is 5.44. The van der Waals surface area contributed by atoms with Gasteiger partial charge in [0.1, 0.15) is 0 Å². The minimum atomic E-state index is 0.384. The predicted molar refractivity (Wildman–Crippen MR) is 76.1 cm³/mol. The third-order valence-corrected chi connectivity index (χ3v) is 3.09. The Hall–Kier alpha value is -1.48. The molecule has 1 N–H and O–H groups in total. The highest BCUT2D eigenvalue weighted by atomic mass is 35.5. The monoisotopic (exact) mass is 263 g/mol. The van der Waals surface area contributed by atoms with Crippen molar-refractivity contribution in [2.75, 3.05) is 5.32 Å². The number of rotatable bonds is 4. The summed E-state index contributed by atoms with van der Waals surface area (Å²) in [6.45, 7) is 7.04. The Morgan fingerprint density at radius 2 is 1.94 bits per heavy atom. The van der Waals surface area contributed by atoms with E-state index >= 15 is 0 Å². The standard InChI is InChI=1S/C14H18ClN3/c1-10(2)18-9-14(11(3)17-18)16-8-12-4-6-13(15)7-5-12/h4-7,9-10,16H,8H2,1-3H3. The molecule has 0 saturated carbocycles. The number of nitrogens with zero attached hydrogens (tertiary/aromatic N) is 2. The van der Waals surface area contributed by atoms with Gasteiger partial charge in [0.25, 0.3) is 0 Å². The number of halogens is 1. The zero-order valence-corrected chi connectivity index (χ0v) is 11.7. The number of aromatic nitrogens is 2. The van der Waals surface area contributed by atoms with Crippen molar-refractivity contribution in [3.63, 3.8) is 0 Å². The molecular weight excluding hydrogens is 246 g/mol. The molecule has 0 radical (unpaired) electrons. The van der Waals surface area contributed by atoms with Crippen LogP contribution in [0.4, 0.5) is 5.69 Å². The lowest BCUT2D eigenvalue weighted by molar-refractivity contribution is 0.529. The molecule has 0 saturated heterocycles. The predicted octanol–water partition coefficient (Wildman–Crippen LogP) is 4.04. The molecule has 0 aliphatic carbocycles. The molecule has 0 fully saturated rings. The molecule has 1 aromatic carbocycles. The molecule has 2 aromatic rings. The first-order valence-corrected chi connectivity index (χ1v) is 6.48. The highest BCUT2D eigenvalue weighted by Crippen LogP contribution is 2.17. The van der Waals surface area contributed by atoms with Crippen LogP contribution in [-0.2, 0) is 6.54 Å². The highest BCUT2D eigenvalue weighted by Gasteiger charge is 2.06. The van der Waals surface area contributed by atoms with E-state index in [-0.39, 0.29) is 0 Å². The first-order valence-electron chi connectivity index (χ1n) is 6.10. The zero-order valence-electron chi connectivity index (χ0n) is 10.9. The fraction of sp³-hybridized carbons (Fsp3) is 0.357. The zero-order chi connectivity index (χ0) is 13.1. The Balaban J connectivity index is 2.03. The first-order chi connectivity index (χ1) is 8.56. The first kappa shape index (κ1) is 13.0. The molecule has 18 heavy (non-hydrogen) atoms. The molecule has 0 spiro atoms. The average molecular weight is 264 g/mol. The van der Waals surface area contributed by atoms with E-state index in [1.165, 1.54) is 5.56 Å². The van der Waals surface area contributed by atoms with Crippen LogP contribution < -0.4 is 5.32 Å². The summed E-state index contributed by atoms with van der Waals surface area (Å²) in [5.74, 6) is 0. The molecule has 0 aliphatic rings. The van der Waals surface area contributed by atoms with Gasteiger partial charge in [0.05, 0.1) is 11.4 Å². The average Bonchev–Trinajstić information content (AvgIpc) is 2.70. The molecule has 96 valence electrons. The Bertz CT molecular complexity index is 514. The Morgan fingerprint density at radius 3 is 2.50 bits per heavy atom. The van der Waals surface area contributed by atoms with Gasteiger partial charge in [0.2, 0.25) is 0 Å². The van der Waals surface area contributed by atoms with E-state index in [1.807, 2.05) is 35.9 Å². The quantitative estimate of drug-likeness (QED) is 0.902. The summed E-state index contributed by atoms with van der Waals surface area (Å²) in [5, 5.41) is 8.63. The van der Waals surface area contributed by atoms with Gasteiger partial charge in [-0.3, -0.25) is 4.68 Å². The lowest BCUT2D eigenvalue weighted by Crippen LogP contribution is -2.01. The van der Waals surface area contributed by atoms with Crippen molar-refractivity contribution in [3.05, 3.63) is 46.7 Å². The van der Waals surface area contributed by atoms with Gasteiger partial charge < -0.3 is 5.32 Å². The third kappa shape index (κ3) is 3.05. The van der Waals surface area contributed by atoms with Gasteiger partial charge in [0, 0.05) is 23.8 Å². The van der Waals surface area contributed by atoms with Crippen LogP contribution in [0.2, 0.25) is 5.02 Å².